The number of hydrogen-bond donors (Lipinski definition) is 3. The highest BCUT2D eigenvalue weighted by atomic mass is 35.5. The van der Waals surface area contributed by atoms with Gasteiger partial charge in [0.15, 0.2) is 0 Å². The Kier molecular flexibility index (Phi) is 5.32. The van der Waals surface area contributed by atoms with Crippen LogP contribution in [0.2, 0.25) is 5.02 Å². The molecule has 0 aliphatic rings. The maximum absolute atomic E-state index is 11.6. The minimum Gasteiger partial charge on any atom is -0.481 e. The van der Waals surface area contributed by atoms with E-state index in [0.717, 1.165) is 0 Å². The predicted molar refractivity (Wildman–Crippen MR) is 67.0 cm³/mol. The Morgan fingerprint density at radius 3 is 2.21 bits per heavy atom. The average Bonchev–Trinajstić information content (AvgIpc) is 2.30. The quantitative estimate of drug-likeness (QED) is 0.721. The van der Waals surface area contributed by atoms with E-state index < -0.39 is 30.3 Å². The molecule has 0 fully saturated rings. The van der Waals surface area contributed by atoms with Crippen molar-refractivity contribution < 1.29 is 24.6 Å². The van der Waals surface area contributed by atoms with Gasteiger partial charge in [-0.25, -0.2) is 4.79 Å². The summed E-state index contributed by atoms with van der Waals surface area (Å²) in [7, 11) is 0. The molecule has 0 aliphatic carbocycles. The van der Waals surface area contributed by atoms with Gasteiger partial charge in [-0.1, -0.05) is 23.7 Å². The lowest BCUT2D eigenvalue weighted by molar-refractivity contribution is -0.147. The average molecular weight is 286 g/mol. The van der Waals surface area contributed by atoms with Crippen LogP contribution in [0.15, 0.2) is 24.3 Å². The molecule has 1 rings (SSSR count). The monoisotopic (exact) mass is 285 g/mol. The minimum absolute atomic E-state index is 0.0411. The number of nitrogens with one attached hydrogen (secondary N) is 1. The standard InChI is InChI=1S/C12H12ClNO5/c13-8-3-1-7(2-4-8)5-10(15)14-9(12(18)19)6-11(16)17/h1-4,9H,5-6H2,(H,14,15)(H,16,17)(H,18,19)/t9-/m1/s1. The predicted octanol–water partition coefficient (Wildman–Crippen LogP) is 0.927. The molecule has 0 spiro atoms. The number of carbonyl (C=O) groups is 3. The van der Waals surface area contributed by atoms with Gasteiger partial charge < -0.3 is 15.5 Å². The molecule has 0 radical (unpaired) electrons. The minimum atomic E-state index is -1.43. The van der Waals surface area contributed by atoms with Gasteiger partial charge in [-0.2, -0.15) is 0 Å². The fourth-order valence-electron chi connectivity index (χ4n) is 1.41. The van der Waals surface area contributed by atoms with Crippen LogP contribution in [0.1, 0.15) is 12.0 Å². The van der Waals surface area contributed by atoms with Crippen LogP contribution in [-0.2, 0) is 20.8 Å². The van der Waals surface area contributed by atoms with E-state index in [-0.39, 0.29) is 6.42 Å². The van der Waals surface area contributed by atoms with E-state index in [1.807, 2.05) is 0 Å². The van der Waals surface area contributed by atoms with Crippen molar-refractivity contribution in [2.24, 2.45) is 0 Å². The second kappa shape index (κ2) is 6.75. The van der Waals surface area contributed by atoms with Crippen LogP contribution in [0, 0.1) is 0 Å². The Morgan fingerprint density at radius 2 is 1.74 bits per heavy atom. The molecule has 0 saturated carbocycles. The molecule has 1 amide bonds. The topological polar surface area (TPSA) is 104 Å². The zero-order chi connectivity index (χ0) is 14.4. The summed E-state index contributed by atoms with van der Waals surface area (Å²) >= 11 is 5.69. The third kappa shape index (κ3) is 5.39. The molecule has 1 aromatic rings. The summed E-state index contributed by atoms with van der Waals surface area (Å²) in [5.74, 6) is -3.23. The van der Waals surface area contributed by atoms with Gasteiger partial charge in [0.2, 0.25) is 5.91 Å². The van der Waals surface area contributed by atoms with Crippen LogP contribution in [0.25, 0.3) is 0 Å². The first-order chi connectivity index (χ1) is 8.88. The highest BCUT2D eigenvalue weighted by Gasteiger charge is 2.22. The van der Waals surface area contributed by atoms with E-state index in [0.29, 0.717) is 10.6 Å². The number of hydrogen-bond acceptors (Lipinski definition) is 3. The molecule has 0 unspecified atom stereocenters. The Morgan fingerprint density at radius 1 is 1.16 bits per heavy atom. The van der Waals surface area contributed by atoms with E-state index >= 15 is 0 Å². The van der Waals surface area contributed by atoms with E-state index in [9.17, 15) is 14.4 Å². The molecule has 0 saturated heterocycles. The summed E-state index contributed by atoms with van der Waals surface area (Å²) in [5, 5.41) is 20.0. The molecule has 1 atom stereocenters. The molecule has 6 nitrogen and oxygen atoms in total. The van der Waals surface area contributed by atoms with Gasteiger partial charge in [-0.15, -0.1) is 0 Å². The maximum Gasteiger partial charge on any atom is 0.326 e. The first-order valence-electron chi connectivity index (χ1n) is 5.37. The summed E-state index contributed by atoms with van der Waals surface area (Å²) < 4.78 is 0. The van der Waals surface area contributed by atoms with Crippen molar-refractivity contribution in [3.63, 3.8) is 0 Å². The Bertz CT molecular complexity index is 485. The molecule has 1 aromatic carbocycles. The molecule has 19 heavy (non-hydrogen) atoms. The zero-order valence-corrected chi connectivity index (χ0v) is 10.6. The third-order valence-corrected chi connectivity index (χ3v) is 2.54. The highest BCUT2D eigenvalue weighted by molar-refractivity contribution is 6.30. The van der Waals surface area contributed by atoms with Crippen LogP contribution in [0.4, 0.5) is 0 Å². The Hall–Kier alpha value is -2.08. The molecule has 0 bridgehead atoms. The van der Waals surface area contributed by atoms with Gasteiger partial charge in [-0.3, -0.25) is 9.59 Å². The largest absolute Gasteiger partial charge is 0.481 e. The smallest absolute Gasteiger partial charge is 0.326 e. The maximum atomic E-state index is 11.6. The molecular weight excluding hydrogens is 274 g/mol. The van der Waals surface area contributed by atoms with Crippen LogP contribution in [0.5, 0.6) is 0 Å². The molecular formula is C12H12ClNO5. The normalized spacial score (nSPS) is 11.6. The lowest BCUT2D eigenvalue weighted by Crippen LogP contribution is -2.42. The molecule has 0 aliphatic heterocycles. The van der Waals surface area contributed by atoms with Crippen LogP contribution < -0.4 is 5.32 Å². The number of carbonyl (C=O) groups excluding carboxylic acids is 1. The zero-order valence-electron chi connectivity index (χ0n) is 9.80. The Labute approximate surface area is 114 Å². The molecule has 7 heteroatoms. The van der Waals surface area contributed by atoms with E-state index in [1.165, 1.54) is 0 Å². The summed E-state index contributed by atoms with van der Waals surface area (Å²) in [6.07, 6.45) is -0.706. The lowest BCUT2D eigenvalue weighted by Gasteiger charge is -2.12. The van der Waals surface area contributed by atoms with Crippen molar-refractivity contribution >= 4 is 29.4 Å². The third-order valence-electron chi connectivity index (χ3n) is 2.29. The molecule has 0 heterocycles. The van der Waals surface area contributed by atoms with Gasteiger partial charge in [0.25, 0.3) is 0 Å². The van der Waals surface area contributed by atoms with Crippen LogP contribution in [-0.4, -0.2) is 34.1 Å². The van der Waals surface area contributed by atoms with Crippen molar-refractivity contribution in [1.29, 1.82) is 0 Å². The van der Waals surface area contributed by atoms with Gasteiger partial charge in [-0.05, 0) is 17.7 Å². The number of rotatable bonds is 6. The van der Waals surface area contributed by atoms with Crippen molar-refractivity contribution in [2.75, 3.05) is 0 Å². The SMILES string of the molecule is O=C(O)C[C@@H](NC(=O)Cc1ccc(Cl)cc1)C(=O)O. The molecule has 3 N–H and O–H groups in total. The number of carboxylic acid groups (broad SMARTS) is 2. The first-order valence-corrected chi connectivity index (χ1v) is 5.74. The van der Waals surface area contributed by atoms with Crippen molar-refractivity contribution in [3.8, 4) is 0 Å². The number of halogens is 1. The lowest BCUT2D eigenvalue weighted by atomic mass is 10.1. The number of carboxylic acids is 2. The fourth-order valence-corrected chi connectivity index (χ4v) is 1.53. The van der Waals surface area contributed by atoms with E-state index in [4.69, 9.17) is 21.8 Å². The van der Waals surface area contributed by atoms with Crippen molar-refractivity contribution in [1.82, 2.24) is 5.32 Å². The van der Waals surface area contributed by atoms with Crippen molar-refractivity contribution in [3.05, 3.63) is 34.9 Å². The van der Waals surface area contributed by atoms with Crippen LogP contribution in [0.3, 0.4) is 0 Å². The summed E-state index contributed by atoms with van der Waals surface area (Å²) in [6.45, 7) is 0. The highest BCUT2D eigenvalue weighted by Crippen LogP contribution is 2.10. The summed E-state index contributed by atoms with van der Waals surface area (Å²) in [5.41, 5.74) is 0.654. The number of aliphatic carboxylic acids is 2. The second-order valence-electron chi connectivity index (χ2n) is 3.86. The van der Waals surface area contributed by atoms with Crippen molar-refractivity contribution in [2.45, 2.75) is 18.9 Å². The fraction of sp³-hybridized carbons (Fsp3) is 0.250. The van der Waals surface area contributed by atoms with Gasteiger partial charge in [0.05, 0.1) is 12.8 Å². The first kappa shape index (κ1) is 15.0. The van der Waals surface area contributed by atoms with Gasteiger partial charge in [0.1, 0.15) is 6.04 Å². The number of amides is 1. The van der Waals surface area contributed by atoms with E-state index in [1.54, 1.807) is 24.3 Å². The van der Waals surface area contributed by atoms with E-state index in [2.05, 4.69) is 5.32 Å². The Balaban J connectivity index is 2.59. The van der Waals surface area contributed by atoms with Gasteiger partial charge >= 0.3 is 11.9 Å². The number of benzene rings is 1. The van der Waals surface area contributed by atoms with Crippen LogP contribution >= 0.6 is 11.6 Å². The molecule has 0 aromatic heterocycles. The van der Waals surface area contributed by atoms with Gasteiger partial charge in [0, 0.05) is 5.02 Å². The molecule has 102 valence electrons. The second-order valence-corrected chi connectivity index (χ2v) is 4.30. The summed E-state index contributed by atoms with van der Waals surface area (Å²) in [4.78, 5) is 32.8. The summed E-state index contributed by atoms with van der Waals surface area (Å²) in [6, 6.07) is 5.05.